The normalized spacial score (nSPS) is 11.4. The lowest BCUT2D eigenvalue weighted by Gasteiger charge is -2.12. The van der Waals surface area contributed by atoms with Crippen molar-refractivity contribution in [3.05, 3.63) is 75.9 Å². The average molecular weight is 396 g/mol. The molecule has 0 saturated heterocycles. The van der Waals surface area contributed by atoms with Crippen LogP contribution in [0.1, 0.15) is 11.1 Å². The van der Waals surface area contributed by atoms with Crippen LogP contribution in [-0.2, 0) is 12.7 Å². The fourth-order valence-corrected chi connectivity index (χ4v) is 2.62. The second-order valence-corrected chi connectivity index (χ2v) is 6.03. The van der Waals surface area contributed by atoms with Gasteiger partial charge in [-0.25, -0.2) is 9.18 Å². The first-order valence-corrected chi connectivity index (χ1v) is 8.07. The monoisotopic (exact) mass is 396 g/mol. The van der Waals surface area contributed by atoms with E-state index in [1.54, 1.807) is 12.1 Å². The highest BCUT2D eigenvalue weighted by atomic mass is 32.1. The van der Waals surface area contributed by atoms with Gasteiger partial charge >= 0.3 is 11.8 Å². The van der Waals surface area contributed by atoms with E-state index in [4.69, 9.17) is 16.6 Å². The molecule has 1 aromatic heterocycles. The topological polar surface area (TPSA) is 54.3 Å². The molecule has 0 aliphatic carbocycles. The van der Waals surface area contributed by atoms with Gasteiger partial charge in [0.15, 0.2) is 5.11 Å². The summed E-state index contributed by atoms with van der Waals surface area (Å²) in [5, 5.41) is 5.66. The zero-order valence-corrected chi connectivity index (χ0v) is 14.4. The summed E-state index contributed by atoms with van der Waals surface area (Å²) in [6, 6.07) is 10.1. The number of anilines is 1. The molecule has 0 amide bonds. The fourth-order valence-electron chi connectivity index (χ4n) is 2.43. The van der Waals surface area contributed by atoms with E-state index in [0.29, 0.717) is 18.3 Å². The molecule has 0 atom stereocenters. The molecule has 0 radical (unpaired) electrons. The zero-order valence-electron chi connectivity index (χ0n) is 13.6. The van der Waals surface area contributed by atoms with Crippen molar-refractivity contribution in [2.45, 2.75) is 12.7 Å². The molecular weight excluding hydrogens is 384 g/mol. The Labute approximate surface area is 155 Å². The van der Waals surface area contributed by atoms with Crippen molar-refractivity contribution in [1.82, 2.24) is 5.32 Å². The lowest BCUT2D eigenvalue weighted by Crippen LogP contribution is -2.27. The summed E-state index contributed by atoms with van der Waals surface area (Å²) < 4.78 is 56.9. The van der Waals surface area contributed by atoms with E-state index in [1.165, 1.54) is 30.3 Å². The molecule has 4 nitrogen and oxygen atoms in total. The van der Waals surface area contributed by atoms with Crippen LogP contribution in [0.15, 0.2) is 57.7 Å². The van der Waals surface area contributed by atoms with Crippen LogP contribution < -0.4 is 16.3 Å². The minimum Gasteiger partial charge on any atom is -0.423 e. The Hall–Kier alpha value is -2.94. The Kier molecular flexibility index (Phi) is 5.13. The van der Waals surface area contributed by atoms with Gasteiger partial charge < -0.3 is 15.1 Å². The molecule has 2 N–H and O–H groups in total. The number of fused-ring (bicyclic) bond motifs is 1. The molecule has 0 fully saturated rings. The van der Waals surface area contributed by atoms with Gasteiger partial charge in [0.25, 0.3) is 0 Å². The second kappa shape index (κ2) is 7.36. The number of thiocarbonyl (C=S) groups is 1. The number of nitrogens with one attached hydrogen (secondary N) is 2. The highest BCUT2D eigenvalue weighted by Crippen LogP contribution is 2.34. The summed E-state index contributed by atoms with van der Waals surface area (Å²) >= 11 is 5.13. The minimum absolute atomic E-state index is 0.202. The summed E-state index contributed by atoms with van der Waals surface area (Å²) in [5.74, 6) is -0.352. The maximum atomic E-state index is 13.0. The van der Waals surface area contributed by atoms with E-state index in [-0.39, 0.29) is 21.9 Å². The van der Waals surface area contributed by atoms with Crippen LogP contribution >= 0.6 is 12.2 Å². The minimum atomic E-state index is -4.67. The number of hydrogen-bond acceptors (Lipinski definition) is 3. The molecule has 140 valence electrons. The van der Waals surface area contributed by atoms with Gasteiger partial charge in [0.05, 0.1) is 5.56 Å². The van der Waals surface area contributed by atoms with Gasteiger partial charge in [-0.3, -0.25) is 0 Å². The Morgan fingerprint density at radius 1 is 1.07 bits per heavy atom. The maximum Gasteiger partial charge on any atom is 0.417 e. The van der Waals surface area contributed by atoms with Crippen LogP contribution in [-0.4, -0.2) is 5.11 Å². The Bertz CT molecular complexity index is 1050. The summed E-state index contributed by atoms with van der Waals surface area (Å²) in [6.45, 7) is 0.326. The SMILES string of the molecule is O=c1cc(C(F)(F)F)c2ccc(NC(=S)NCc3ccc(F)cc3)cc2o1. The smallest absolute Gasteiger partial charge is 0.417 e. The molecule has 0 bridgehead atoms. The highest BCUT2D eigenvalue weighted by molar-refractivity contribution is 7.80. The highest BCUT2D eigenvalue weighted by Gasteiger charge is 2.33. The number of hydrogen-bond donors (Lipinski definition) is 2. The van der Waals surface area contributed by atoms with Crippen LogP contribution in [0, 0.1) is 5.82 Å². The summed E-state index contributed by atoms with van der Waals surface area (Å²) in [6.07, 6.45) is -4.67. The van der Waals surface area contributed by atoms with E-state index in [9.17, 15) is 22.4 Å². The summed E-state index contributed by atoms with van der Waals surface area (Å²) in [4.78, 5) is 11.4. The molecule has 0 saturated carbocycles. The second-order valence-electron chi connectivity index (χ2n) is 5.62. The van der Waals surface area contributed by atoms with Crippen molar-refractivity contribution in [1.29, 1.82) is 0 Å². The molecule has 1 heterocycles. The van der Waals surface area contributed by atoms with Crippen LogP contribution in [0.25, 0.3) is 11.0 Å². The van der Waals surface area contributed by atoms with Crippen molar-refractivity contribution in [3.8, 4) is 0 Å². The van der Waals surface area contributed by atoms with Gasteiger partial charge in [0, 0.05) is 29.8 Å². The van der Waals surface area contributed by atoms with Crippen LogP contribution in [0.5, 0.6) is 0 Å². The molecule has 0 aliphatic rings. The maximum absolute atomic E-state index is 13.0. The molecule has 27 heavy (non-hydrogen) atoms. The number of benzene rings is 2. The third-order valence-electron chi connectivity index (χ3n) is 3.67. The third-order valence-corrected chi connectivity index (χ3v) is 3.92. The lowest BCUT2D eigenvalue weighted by atomic mass is 10.1. The van der Waals surface area contributed by atoms with Crippen molar-refractivity contribution in [2.24, 2.45) is 0 Å². The predicted octanol–water partition coefficient (Wildman–Crippen LogP) is 4.44. The van der Waals surface area contributed by atoms with Gasteiger partial charge in [0.1, 0.15) is 11.4 Å². The Morgan fingerprint density at radius 2 is 1.78 bits per heavy atom. The molecule has 9 heteroatoms. The van der Waals surface area contributed by atoms with Crippen molar-refractivity contribution in [2.75, 3.05) is 5.32 Å². The Morgan fingerprint density at radius 3 is 2.44 bits per heavy atom. The largest absolute Gasteiger partial charge is 0.423 e. The summed E-state index contributed by atoms with van der Waals surface area (Å²) in [5.41, 5.74) is -1.22. The molecular formula is C18H12F4N2O2S. The lowest BCUT2D eigenvalue weighted by molar-refractivity contribution is -0.136. The van der Waals surface area contributed by atoms with E-state index >= 15 is 0 Å². The number of rotatable bonds is 3. The van der Waals surface area contributed by atoms with Gasteiger partial charge in [-0.1, -0.05) is 12.1 Å². The van der Waals surface area contributed by atoms with Gasteiger partial charge in [-0.05, 0) is 42.0 Å². The van der Waals surface area contributed by atoms with Crippen LogP contribution in [0.4, 0.5) is 23.2 Å². The van der Waals surface area contributed by atoms with Crippen LogP contribution in [0.2, 0.25) is 0 Å². The molecule has 2 aromatic carbocycles. The molecule has 0 aliphatic heterocycles. The number of halogens is 4. The zero-order chi connectivity index (χ0) is 19.6. The third kappa shape index (κ3) is 4.62. The van der Waals surface area contributed by atoms with Crippen molar-refractivity contribution in [3.63, 3.8) is 0 Å². The quantitative estimate of drug-likeness (QED) is 0.390. The molecule has 0 unspecified atom stereocenters. The molecule has 3 aromatic rings. The first-order valence-electron chi connectivity index (χ1n) is 7.67. The van der Waals surface area contributed by atoms with E-state index in [2.05, 4.69) is 10.6 Å². The average Bonchev–Trinajstić information content (AvgIpc) is 2.59. The van der Waals surface area contributed by atoms with Gasteiger partial charge in [-0.2, -0.15) is 13.2 Å². The predicted molar refractivity (Wildman–Crippen MR) is 96.9 cm³/mol. The van der Waals surface area contributed by atoms with E-state index < -0.39 is 17.4 Å². The van der Waals surface area contributed by atoms with E-state index in [0.717, 1.165) is 5.56 Å². The van der Waals surface area contributed by atoms with Crippen molar-refractivity contribution >= 4 is 34.0 Å². The van der Waals surface area contributed by atoms with E-state index in [1.807, 2.05) is 0 Å². The van der Waals surface area contributed by atoms with Crippen molar-refractivity contribution < 1.29 is 22.0 Å². The van der Waals surface area contributed by atoms with Crippen LogP contribution in [0.3, 0.4) is 0 Å². The standard InChI is InChI=1S/C18H12F4N2O2S/c19-11-3-1-10(2-4-11)9-23-17(27)24-12-5-6-13-14(18(20,21)22)8-16(25)26-15(13)7-12/h1-8H,9H2,(H2,23,24,27). The Balaban J connectivity index is 1.76. The first kappa shape index (κ1) is 18.8. The molecule has 0 spiro atoms. The first-order chi connectivity index (χ1) is 12.7. The van der Waals surface area contributed by atoms with Gasteiger partial charge in [-0.15, -0.1) is 0 Å². The van der Waals surface area contributed by atoms with Gasteiger partial charge in [0.2, 0.25) is 0 Å². The number of alkyl halides is 3. The fraction of sp³-hybridized carbons (Fsp3) is 0.111. The summed E-state index contributed by atoms with van der Waals surface area (Å²) in [7, 11) is 0. The molecule has 3 rings (SSSR count).